The Morgan fingerprint density at radius 2 is 2.00 bits per heavy atom. The van der Waals surface area contributed by atoms with Crippen molar-refractivity contribution < 1.29 is 0 Å². The van der Waals surface area contributed by atoms with Crippen molar-refractivity contribution in [1.82, 2.24) is 14.5 Å². The van der Waals surface area contributed by atoms with Crippen LogP contribution in [0.1, 0.15) is 5.56 Å². The number of rotatable bonds is 2. The predicted molar refractivity (Wildman–Crippen MR) is 77.7 cm³/mol. The van der Waals surface area contributed by atoms with Crippen LogP contribution in [-0.2, 0) is 7.05 Å². The molecule has 0 bridgehead atoms. The molecule has 2 heterocycles. The van der Waals surface area contributed by atoms with E-state index < -0.39 is 0 Å². The smallest absolute Gasteiger partial charge is 0.161 e. The standard InChI is InChI=1S/C15H13N5/c1-19-10-18-14-13(19)7-8-17-15(14)20(2)12-6-4-3-5-11(12)9-16/h3-8,10H,1-2H3. The molecule has 0 saturated carbocycles. The number of hydrogen-bond donors (Lipinski definition) is 0. The van der Waals surface area contributed by atoms with Crippen molar-refractivity contribution in [2.24, 2.45) is 7.05 Å². The van der Waals surface area contributed by atoms with Crippen molar-refractivity contribution in [2.75, 3.05) is 11.9 Å². The summed E-state index contributed by atoms with van der Waals surface area (Å²) in [5.41, 5.74) is 3.27. The average molecular weight is 263 g/mol. The second kappa shape index (κ2) is 4.67. The highest BCUT2D eigenvalue weighted by Gasteiger charge is 2.14. The number of benzene rings is 1. The summed E-state index contributed by atoms with van der Waals surface area (Å²) in [6.07, 6.45) is 3.52. The van der Waals surface area contributed by atoms with E-state index in [1.54, 1.807) is 18.6 Å². The van der Waals surface area contributed by atoms with Crippen LogP contribution in [0.15, 0.2) is 42.9 Å². The molecule has 5 nitrogen and oxygen atoms in total. The molecular formula is C15H13N5. The highest BCUT2D eigenvalue weighted by Crippen LogP contribution is 2.29. The molecule has 0 saturated heterocycles. The van der Waals surface area contributed by atoms with Gasteiger partial charge in [-0.1, -0.05) is 12.1 Å². The number of nitriles is 1. The molecule has 0 fully saturated rings. The Kier molecular flexibility index (Phi) is 2.84. The molecule has 0 aliphatic heterocycles. The number of para-hydroxylation sites is 1. The van der Waals surface area contributed by atoms with Crippen molar-refractivity contribution in [3.05, 3.63) is 48.4 Å². The van der Waals surface area contributed by atoms with E-state index in [0.29, 0.717) is 5.56 Å². The summed E-state index contributed by atoms with van der Waals surface area (Å²) in [7, 11) is 3.84. The van der Waals surface area contributed by atoms with Crippen LogP contribution < -0.4 is 4.90 Å². The second-order valence-corrected chi connectivity index (χ2v) is 4.55. The van der Waals surface area contributed by atoms with E-state index in [-0.39, 0.29) is 0 Å². The van der Waals surface area contributed by atoms with Crippen LogP contribution in [0.2, 0.25) is 0 Å². The van der Waals surface area contributed by atoms with Gasteiger partial charge in [-0.15, -0.1) is 0 Å². The summed E-state index contributed by atoms with van der Waals surface area (Å²) in [6.45, 7) is 0. The van der Waals surface area contributed by atoms with Crippen molar-refractivity contribution in [1.29, 1.82) is 5.26 Å². The van der Waals surface area contributed by atoms with Crippen molar-refractivity contribution in [2.45, 2.75) is 0 Å². The van der Waals surface area contributed by atoms with Crippen LogP contribution in [0.4, 0.5) is 11.5 Å². The number of anilines is 2. The molecule has 0 unspecified atom stereocenters. The predicted octanol–water partition coefficient (Wildman–Crippen LogP) is 2.61. The summed E-state index contributed by atoms with van der Waals surface area (Å²) in [5, 5.41) is 9.21. The lowest BCUT2D eigenvalue weighted by Crippen LogP contribution is -2.13. The summed E-state index contributed by atoms with van der Waals surface area (Å²) in [5.74, 6) is 0.741. The van der Waals surface area contributed by atoms with Crippen LogP contribution in [-0.4, -0.2) is 21.6 Å². The second-order valence-electron chi connectivity index (χ2n) is 4.55. The first-order valence-electron chi connectivity index (χ1n) is 6.21. The maximum absolute atomic E-state index is 9.21. The number of pyridine rings is 1. The fourth-order valence-electron chi connectivity index (χ4n) is 2.27. The van der Waals surface area contributed by atoms with E-state index in [2.05, 4.69) is 16.0 Å². The Balaban J connectivity index is 2.18. The molecule has 1 aromatic carbocycles. The highest BCUT2D eigenvalue weighted by molar-refractivity contribution is 5.89. The molecule has 0 aliphatic rings. The van der Waals surface area contributed by atoms with Crippen molar-refractivity contribution >= 4 is 22.5 Å². The summed E-state index contributed by atoms with van der Waals surface area (Å²) < 4.78 is 1.95. The Hall–Kier alpha value is -2.87. The topological polar surface area (TPSA) is 57.7 Å². The Morgan fingerprint density at radius 1 is 1.20 bits per heavy atom. The van der Waals surface area contributed by atoms with Gasteiger partial charge in [-0.2, -0.15) is 5.26 Å². The number of imidazole rings is 1. The zero-order valence-electron chi connectivity index (χ0n) is 11.3. The molecule has 0 N–H and O–H groups in total. The van der Waals surface area contributed by atoms with Gasteiger partial charge in [-0.05, 0) is 18.2 Å². The maximum atomic E-state index is 9.21. The van der Waals surface area contributed by atoms with E-state index >= 15 is 0 Å². The molecule has 98 valence electrons. The molecule has 20 heavy (non-hydrogen) atoms. The third-order valence-corrected chi connectivity index (χ3v) is 3.33. The van der Waals surface area contributed by atoms with Crippen LogP contribution in [0.3, 0.4) is 0 Å². The van der Waals surface area contributed by atoms with Crippen LogP contribution in [0, 0.1) is 11.3 Å². The maximum Gasteiger partial charge on any atom is 0.161 e. The van der Waals surface area contributed by atoms with Crippen LogP contribution in [0.5, 0.6) is 0 Å². The monoisotopic (exact) mass is 263 g/mol. The lowest BCUT2D eigenvalue weighted by Gasteiger charge is -2.19. The summed E-state index contributed by atoms with van der Waals surface area (Å²) >= 11 is 0. The molecule has 5 heteroatoms. The molecule has 0 atom stereocenters. The SMILES string of the molecule is CN(c1ccccc1C#N)c1nccc2c1ncn2C. The first kappa shape index (κ1) is 12.2. The lowest BCUT2D eigenvalue weighted by molar-refractivity contribution is 0.947. The van der Waals surface area contributed by atoms with Gasteiger partial charge in [0.2, 0.25) is 0 Å². The number of hydrogen-bond acceptors (Lipinski definition) is 4. The molecule has 0 aliphatic carbocycles. The molecule has 3 aromatic rings. The molecule has 0 amide bonds. The van der Waals surface area contributed by atoms with E-state index in [4.69, 9.17) is 0 Å². The highest BCUT2D eigenvalue weighted by atomic mass is 15.2. The van der Waals surface area contributed by atoms with Gasteiger partial charge in [0.25, 0.3) is 0 Å². The fraction of sp³-hybridized carbons (Fsp3) is 0.133. The van der Waals surface area contributed by atoms with E-state index in [9.17, 15) is 5.26 Å². The lowest BCUT2D eigenvalue weighted by atomic mass is 10.2. The first-order valence-corrected chi connectivity index (χ1v) is 6.21. The largest absolute Gasteiger partial charge is 0.334 e. The Morgan fingerprint density at radius 3 is 2.80 bits per heavy atom. The number of aryl methyl sites for hydroxylation is 1. The number of fused-ring (bicyclic) bond motifs is 1. The zero-order chi connectivity index (χ0) is 14.1. The van der Waals surface area contributed by atoms with Crippen molar-refractivity contribution in [3.63, 3.8) is 0 Å². The molecular weight excluding hydrogens is 250 g/mol. The van der Waals surface area contributed by atoms with Crippen LogP contribution >= 0.6 is 0 Å². The third-order valence-electron chi connectivity index (χ3n) is 3.33. The number of nitrogens with zero attached hydrogens (tertiary/aromatic N) is 5. The Bertz CT molecular complexity index is 812. The van der Waals surface area contributed by atoms with Gasteiger partial charge in [-0.25, -0.2) is 9.97 Å². The zero-order valence-corrected chi connectivity index (χ0v) is 11.3. The third kappa shape index (κ3) is 1.79. The quantitative estimate of drug-likeness (QED) is 0.713. The van der Waals surface area contributed by atoms with Gasteiger partial charge in [0.05, 0.1) is 23.1 Å². The van der Waals surface area contributed by atoms with E-state index in [1.165, 1.54) is 0 Å². The normalized spacial score (nSPS) is 10.4. The molecule has 0 spiro atoms. The fourth-order valence-corrected chi connectivity index (χ4v) is 2.27. The van der Waals surface area contributed by atoms with Gasteiger partial charge in [-0.3, -0.25) is 0 Å². The minimum absolute atomic E-state index is 0.615. The number of aromatic nitrogens is 3. The summed E-state index contributed by atoms with van der Waals surface area (Å²) in [6, 6.07) is 11.6. The average Bonchev–Trinajstić information content (AvgIpc) is 2.88. The van der Waals surface area contributed by atoms with E-state index in [0.717, 1.165) is 22.5 Å². The van der Waals surface area contributed by atoms with E-state index in [1.807, 2.05) is 47.8 Å². The first-order chi connectivity index (χ1) is 9.72. The van der Waals surface area contributed by atoms with Gasteiger partial charge in [0.1, 0.15) is 11.6 Å². The molecule has 3 rings (SSSR count). The molecule has 2 aromatic heterocycles. The van der Waals surface area contributed by atoms with Gasteiger partial charge < -0.3 is 9.47 Å². The van der Waals surface area contributed by atoms with Crippen molar-refractivity contribution in [3.8, 4) is 6.07 Å². The van der Waals surface area contributed by atoms with Gasteiger partial charge in [0.15, 0.2) is 5.82 Å². The Labute approximate surface area is 116 Å². The minimum atomic E-state index is 0.615. The van der Waals surface area contributed by atoms with Gasteiger partial charge >= 0.3 is 0 Å². The minimum Gasteiger partial charge on any atom is -0.334 e. The van der Waals surface area contributed by atoms with Gasteiger partial charge in [0, 0.05) is 20.3 Å². The van der Waals surface area contributed by atoms with Crippen LogP contribution in [0.25, 0.3) is 11.0 Å². The summed E-state index contributed by atoms with van der Waals surface area (Å²) in [4.78, 5) is 10.7. The molecule has 0 radical (unpaired) electrons.